The number of nitrogens with one attached hydrogen (secondary N) is 2. The highest BCUT2D eigenvalue weighted by Gasteiger charge is 2.11. The Morgan fingerprint density at radius 3 is 3.30 bits per heavy atom. The Labute approximate surface area is 62.1 Å². The highest BCUT2D eigenvalue weighted by Crippen LogP contribution is 1.96. The molecular weight excluding hydrogens is 128 g/mol. The maximum Gasteiger partial charge on any atom is 0.0868 e. The van der Waals surface area contributed by atoms with Crippen molar-refractivity contribution in [1.29, 1.82) is 0 Å². The highest BCUT2D eigenvalue weighted by molar-refractivity contribution is 4.78. The molecule has 10 heavy (non-hydrogen) atoms. The number of ether oxygens (including phenoxy) is 1. The molecule has 1 fully saturated rings. The highest BCUT2D eigenvalue weighted by atomic mass is 16.5. The summed E-state index contributed by atoms with van der Waals surface area (Å²) in [6, 6.07) is 0. The third-order valence-electron chi connectivity index (χ3n) is 1.46. The van der Waals surface area contributed by atoms with Crippen molar-refractivity contribution in [1.82, 2.24) is 10.6 Å². The zero-order chi connectivity index (χ0) is 7.23. The molecule has 1 saturated heterocycles. The van der Waals surface area contributed by atoms with Gasteiger partial charge in [0.25, 0.3) is 0 Å². The van der Waals surface area contributed by atoms with E-state index in [-0.39, 0.29) is 6.10 Å². The molecule has 3 nitrogen and oxygen atoms in total. The minimum atomic E-state index is 0.258. The molecule has 0 amide bonds. The topological polar surface area (TPSA) is 33.3 Å². The Hall–Kier alpha value is -0.120. The molecule has 1 aliphatic rings. The minimum Gasteiger partial charge on any atom is -0.374 e. The van der Waals surface area contributed by atoms with Crippen molar-refractivity contribution in [2.45, 2.75) is 13.0 Å². The quantitative estimate of drug-likeness (QED) is 0.571. The van der Waals surface area contributed by atoms with Crippen LogP contribution in [0.1, 0.15) is 6.92 Å². The van der Waals surface area contributed by atoms with E-state index in [1.54, 1.807) is 0 Å². The number of morpholine rings is 1. The van der Waals surface area contributed by atoms with Gasteiger partial charge >= 0.3 is 0 Å². The average molecular weight is 143 g/mol. The smallest absolute Gasteiger partial charge is 0.0868 e. The largest absolute Gasteiger partial charge is 0.374 e. The SMILES string of the molecule is CCN[CH]C1CNCCO1. The van der Waals surface area contributed by atoms with Crippen LogP contribution in [0, 0.1) is 6.54 Å². The molecule has 0 bridgehead atoms. The van der Waals surface area contributed by atoms with E-state index >= 15 is 0 Å². The second-order valence-corrected chi connectivity index (χ2v) is 2.34. The van der Waals surface area contributed by atoms with Crippen LogP contribution in [-0.4, -0.2) is 32.3 Å². The first-order valence-electron chi connectivity index (χ1n) is 3.82. The van der Waals surface area contributed by atoms with Crippen LogP contribution in [0.15, 0.2) is 0 Å². The number of rotatable bonds is 3. The summed E-state index contributed by atoms with van der Waals surface area (Å²) >= 11 is 0. The summed E-state index contributed by atoms with van der Waals surface area (Å²) in [5, 5.41) is 6.38. The molecule has 0 aromatic heterocycles. The second-order valence-electron chi connectivity index (χ2n) is 2.34. The Bertz CT molecular complexity index is 81.7. The summed E-state index contributed by atoms with van der Waals surface area (Å²) in [6.45, 7) is 7.80. The molecule has 3 heteroatoms. The van der Waals surface area contributed by atoms with E-state index in [4.69, 9.17) is 4.74 Å². The van der Waals surface area contributed by atoms with Gasteiger partial charge in [-0.3, -0.25) is 0 Å². The maximum atomic E-state index is 5.40. The van der Waals surface area contributed by atoms with Crippen LogP contribution in [0.5, 0.6) is 0 Å². The lowest BCUT2D eigenvalue weighted by Crippen LogP contribution is -2.41. The molecule has 1 rings (SSSR count). The summed E-state index contributed by atoms with van der Waals surface area (Å²) in [6.07, 6.45) is 0.258. The van der Waals surface area contributed by atoms with Crippen LogP contribution in [0.2, 0.25) is 0 Å². The van der Waals surface area contributed by atoms with Crippen LogP contribution in [0.25, 0.3) is 0 Å². The van der Waals surface area contributed by atoms with E-state index in [0.29, 0.717) is 0 Å². The molecule has 0 aliphatic carbocycles. The molecule has 1 unspecified atom stereocenters. The van der Waals surface area contributed by atoms with Crippen LogP contribution in [-0.2, 0) is 4.74 Å². The molecule has 0 saturated carbocycles. The zero-order valence-electron chi connectivity index (χ0n) is 6.39. The minimum absolute atomic E-state index is 0.258. The summed E-state index contributed by atoms with van der Waals surface area (Å²) in [7, 11) is 0. The molecule has 0 spiro atoms. The van der Waals surface area contributed by atoms with Crippen molar-refractivity contribution < 1.29 is 4.74 Å². The van der Waals surface area contributed by atoms with Gasteiger partial charge in [0.05, 0.1) is 19.3 Å². The van der Waals surface area contributed by atoms with Crippen molar-refractivity contribution in [2.24, 2.45) is 0 Å². The van der Waals surface area contributed by atoms with Gasteiger partial charge in [0, 0.05) is 13.1 Å². The molecule has 1 radical (unpaired) electrons. The summed E-state index contributed by atoms with van der Waals surface area (Å²) in [4.78, 5) is 0. The summed E-state index contributed by atoms with van der Waals surface area (Å²) in [5.74, 6) is 0. The predicted molar refractivity (Wildman–Crippen MR) is 40.6 cm³/mol. The van der Waals surface area contributed by atoms with Gasteiger partial charge in [0.15, 0.2) is 0 Å². The molecule has 1 aliphatic heterocycles. The lowest BCUT2D eigenvalue weighted by Gasteiger charge is -2.23. The fourth-order valence-electron chi connectivity index (χ4n) is 0.942. The van der Waals surface area contributed by atoms with Gasteiger partial charge in [-0.15, -0.1) is 0 Å². The van der Waals surface area contributed by atoms with Crippen LogP contribution >= 0.6 is 0 Å². The predicted octanol–water partition coefficient (Wildman–Crippen LogP) is -0.254. The van der Waals surface area contributed by atoms with Gasteiger partial charge in [-0.1, -0.05) is 6.92 Å². The molecule has 0 aromatic rings. The number of hydrogen-bond acceptors (Lipinski definition) is 3. The summed E-state index contributed by atoms with van der Waals surface area (Å²) in [5.41, 5.74) is 0. The van der Waals surface area contributed by atoms with Crippen molar-refractivity contribution in [3.8, 4) is 0 Å². The van der Waals surface area contributed by atoms with Crippen molar-refractivity contribution in [3.63, 3.8) is 0 Å². The average Bonchev–Trinajstić information content (AvgIpc) is 2.03. The van der Waals surface area contributed by atoms with Gasteiger partial charge in [0.2, 0.25) is 0 Å². The second kappa shape index (κ2) is 4.66. The Kier molecular flexibility index (Phi) is 3.72. The van der Waals surface area contributed by atoms with Gasteiger partial charge < -0.3 is 15.4 Å². The zero-order valence-corrected chi connectivity index (χ0v) is 6.39. The fourth-order valence-corrected chi connectivity index (χ4v) is 0.942. The van der Waals surface area contributed by atoms with Gasteiger partial charge in [0.1, 0.15) is 0 Å². The van der Waals surface area contributed by atoms with Crippen LogP contribution in [0.3, 0.4) is 0 Å². The van der Waals surface area contributed by atoms with Crippen LogP contribution in [0.4, 0.5) is 0 Å². The third-order valence-corrected chi connectivity index (χ3v) is 1.46. The Morgan fingerprint density at radius 1 is 1.80 bits per heavy atom. The molecule has 59 valence electrons. The first-order valence-corrected chi connectivity index (χ1v) is 3.82. The Morgan fingerprint density at radius 2 is 2.70 bits per heavy atom. The monoisotopic (exact) mass is 143 g/mol. The lowest BCUT2D eigenvalue weighted by molar-refractivity contribution is 0.0451. The molecule has 0 aromatic carbocycles. The number of likely N-dealkylation sites (N-methyl/N-ethyl adjacent to an activating group) is 1. The standard InChI is InChI=1S/C7H15N2O/c1-2-8-5-7-6-9-3-4-10-7/h5,7-9H,2-4,6H2,1H3. The molecular formula is C7H15N2O. The fraction of sp³-hybridized carbons (Fsp3) is 0.857. The van der Waals surface area contributed by atoms with E-state index < -0.39 is 0 Å². The summed E-state index contributed by atoms with van der Waals surface area (Å²) < 4.78 is 5.40. The van der Waals surface area contributed by atoms with E-state index in [0.717, 1.165) is 26.2 Å². The van der Waals surface area contributed by atoms with E-state index in [2.05, 4.69) is 17.6 Å². The van der Waals surface area contributed by atoms with Crippen LogP contribution < -0.4 is 10.6 Å². The van der Waals surface area contributed by atoms with Crippen molar-refractivity contribution in [3.05, 3.63) is 6.54 Å². The maximum absolute atomic E-state index is 5.40. The first-order chi connectivity index (χ1) is 4.93. The van der Waals surface area contributed by atoms with Gasteiger partial charge in [-0.2, -0.15) is 0 Å². The van der Waals surface area contributed by atoms with E-state index in [1.807, 2.05) is 6.54 Å². The lowest BCUT2D eigenvalue weighted by atomic mass is 10.3. The van der Waals surface area contributed by atoms with E-state index in [1.165, 1.54) is 0 Å². The number of hydrogen-bond donors (Lipinski definition) is 2. The van der Waals surface area contributed by atoms with E-state index in [9.17, 15) is 0 Å². The Balaban J connectivity index is 2.02. The molecule has 1 atom stereocenters. The normalized spacial score (nSPS) is 26.7. The van der Waals surface area contributed by atoms with Crippen molar-refractivity contribution >= 4 is 0 Å². The molecule has 1 heterocycles. The third kappa shape index (κ3) is 2.64. The van der Waals surface area contributed by atoms with Gasteiger partial charge in [-0.25, -0.2) is 0 Å². The van der Waals surface area contributed by atoms with Gasteiger partial charge in [-0.05, 0) is 6.54 Å². The first kappa shape index (κ1) is 7.98. The molecule has 2 N–H and O–H groups in total. The van der Waals surface area contributed by atoms with Crippen molar-refractivity contribution in [2.75, 3.05) is 26.2 Å².